The fourth-order valence-electron chi connectivity index (χ4n) is 1.23. The summed E-state index contributed by atoms with van der Waals surface area (Å²) in [6, 6.07) is 0. The number of carbonyl (C=O) groups is 1. The Morgan fingerprint density at radius 1 is 1.59 bits per heavy atom. The van der Waals surface area contributed by atoms with E-state index in [0.717, 1.165) is 0 Å². The van der Waals surface area contributed by atoms with Gasteiger partial charge in [-0.3, -0.25) is 0 Å². The molecule has 0 aromatic carbocycles. The number of carboxylic acids is 1. The molecule has 0 amide bonds. The molecule has 0 aliphatic carbocycles. The number of nitrogens with zero attached hydrogens (tertiary/aromatic N) is 1. The maximum absolute atomic E-state index is 12.5. The summed E-state index contributed by atoms with van der Waals surface area (Å²) in [6.45, 7) is 1.80. The van der Waals surface area contributed by atoms with Gasteiger partial charge in [0.2, 0.25) is 5.76 Å². The molecule has 1 unspecified atom stereocenters. The fourth-order valence-corrected chi connectivity index (χ4v) is 1.23. The molecule has 17 heavy (non-hydrogen) atoms. The predicted molar refractivity (Wildman–Crippen MR) is 53.2 cm³/mol. The van der Waals surface area contributed by atoms with Crippen molar-refractivity contribution in [2.24, 2.45) is 0 Å². The van der Waals surface area contributed by atoms with Crippen molar-refractivity contribution in [1.29, 1.82) is 0 Å². The third-order valence-corrected chi connectivity index (χ3v) is 2.27. The number of aromatic carboxylic acids is 1. The van der Waals surface area contributed by atoms with Gasteiger partial charge < -0.3 is 14.3 Å². The number of hydrogen-bond donors (Lipinski definition) is 1. The van der Waals surface area contributed by atoms with Crippen LogP contribution >= 0.6 is 0 Å². The van der Waals surface area contributed by atoms with E-state index in [2.05, 4.69) is 4.98 Å². The molecule has 5 nitrogen and oxygen atoms in total. The quantitative estimate of drug-likeness (QED) is 0.837. The average molecular weight is 249 g/mol. The minimum atomic E-state index is -2.96. The van der Waals surface area contributed by atoms with E-state index in [1.165, 1.54) is 7.11 Å². The molecule has 1 atom stereocenters. The maximum Gasteiger partial charge on any atom is 0.374 e. The molecule has 0 fully saturated rings. The number of hydrogen-bond acceptors (Lipinski definition) is 4. The van der Waals surface area contributed by atoms with Gasteiger partial charge in [-0.1, -0.05) is 0 Å². The SMILES string of the molecule is COC(C)CCc1nc(C(F)F)c(C(=O)O)o1. The highest BCUT2D eigenvalue weighted by Crippen LogP contribution is 2.24. The van der Waals surface area contributed by atoms with Crippen LogP contribution in [-0.2, 0) is 11.2 Å². The monoisotopic (exact) mass is 249 g/mol. The van der Waals surface area contributed by atoms with Gasteiger partial charge in [-0.15, -0.1) is 0 Å². The molecule has 7 heteroatoms. The van der Waals surface area contributed by atoms with Crippen LogP contribution in [0.4, 0.5) is 8.78 Å². The summed E-state index contributed by atoms with van der Waals surface area (Å²) in [5, 5.41) is 8.66. The van der Waals surface area contributed by atoms with Crippen LogP contribution in [0.25, 0.3) is 0 Å². The van der Waals surface area contributed by atoms with E-state index in [-0.39, 0.29) is 18.4 Å². The van der Waals surface area contributed by atoms with E-state index in [9.17, 15) is 13.6 Å². The molecule has 0 radical (unpaired) electrons. The van der Waals surface area contributed by atoms with Crippen LogP contribution < -0.4 is 0 Å². The highest BCUT2D eigenvalue weighted by Gasteiger charge is 2.26. The molecule has 0 bridgehead atoms. The second-order valence-corrected chi connectivity index (χ2v) is 3.51. The molecule has 1 N–H and O–H groups in total. The minimum Gasteiger partial charge on any atom is -0.475 e. The first kappa shape index (κ1) is 13.6. The molecule has 0 saturated heterocycles. The standard InChI is InChI=1S/C10H13F2NO4/c1-5(16-2)3-4-6-13-7(9(11)12)8(17-6)10(14)15/h5,9H,3-4H2,1-2H3,(H,14,15). The Bertz CT molecular complexity index is 392. The van der Waals surface area contributed by atoms with Crippen LogP contribution in [0, 0.1) is 0 Å². The van der Waals surface area contributed by atoms with Gasteiger partial charge in [-0.25, -0.2) is 18.6 Å². The second kappa shape index (κ2) is 5.72. The fraction of sp³-hybridized carbons (Fsp3) is 0.600. The smallest absolute Gasteiger partial charge is 0.374 e. The van der Waals surface area contributed by atoms with E-state index in [0.29, 0.717) is 6.42 Å². The lowest BCUT2D eigenvalue weighted by Gasteiger charge is -2.05. The topological polar surface area (TPSA) is 72.6 Å². The molecule has 96 valence electrons. The van der Waals surface area contributed by atoms with Crippen molar-refractivity contribution in [3.8, 4) is 0 Å². The third kappa shape index (κ3) is 3.48. The summed E-state index contributed by atoms with van der Waals surface area (Å²) in [5.41, 5.74) is -0.822. The molecular formula is C10H13F2NO4. The highest BCUT2D eigenvalue weighted by molar-refractivity contribution is 5.85. The summed E-state index contributed by atoms with van der Waals surface area (Å²) in [6.07, 6.45) is -2.27. The molecule has 0 aliphatic heterocycles. The second-order valence-electron chi connectivity index (χ2n) is 3.51. The van der Waals surface area contributed by atoms with Crippen molar-refractivity contribution in [2.45, 2.75) is 32.3 Å². The molecule has 1 aromatic rings. The molecule has 1 rings (SSSR count). The molecule has 0 saturated carbocycles. The normalized spacial score (nSPS) is 13.0. The zero-order valence-electron chi connectivity index (χ0n) is 9.44. The van der Waals surface area contributed by atoms with Gasteiger partial charge in [0.15, 0.2) is 11.6 Å². The van der Waals surface area contributed by atoms with E-state index >= 15 is 0 Å². The van der Waals surface area contributed by atoms with E-state index in [4.69, 9.17) is 14.3 Å². The summed E-state index contributed by atoms with van der Waals surface area (Å²) in [7, 11) is 1.52. The van der Waals surface area contributed by atoms with Gasteiger partial charge >= 0.3 is 5.97 Å². The van der Waals surface area contributed by atoms with Crippen LogP contribution in [0.5, 0.6) is 0 Å². The average Bonchev–Trinajstić information content (AvgIpc) is 2.70. The number of alkyl halides is 2. The summed E-state index contributed by atoms with van der Waals surface area (Å²) in [4.78, 5) is 14.1. The first-order chi connectivity index (χ1) is 7.95. The summed E-state index contributed by atoms with van der Waals surface area (Å²) in [5.74, 6) is -2.35. The largest absolute Gasteiger partial charge is 0.475 e. The Balaban J connectivity index is 2.81. The first-order valence-electron chi connectivity index (χ1n) is 4.99. The first-order valence-corrected chi connectivity index (χ1v) is 4.99. The minimum absolute atomic E-state index is 0.0124. The summed E-state index contributed by atoms with van der Waals surface area (Å²) >= 11 is 0. The van der Waals surface area contributed by atoms with Crippen LogP contribution in [0.1, 0.15) is 41.9 Å². The Morgan fingerprint density at radius 3 is 2.65 bits per heavy atom. The van der Waals surface area contributed by atoms with E-state index in [1.54, 1.807) is 6.92 Å². The maximum atomic E-state index is 12.5. The Labute approximate surface area is 96.4 Å². The van der Waals surface area contributed by atoms with Crippen LogP contribution in [0.3, 0.4) is 0 Å². The Hall–Kier alpha value is -1.50. The zero-order chi connectivity index (χ0) is 13.0. The van der Waals surface area contributed by atoms with Gasteiger partial charge in [0.1, 0.15) is 0 Å². The Kier molecular flexibility index (Phi) is 4.56. The predicted octanol–water partition coefficient (Wildman–Crippen LogP) is 2.28. The van der Waals surface area contributed by atoms with Crippen molar-refractivity contribution in [3.63, 3.8) is 0 Å². The van der Waals surface area contributed by atoms with Crippen LogP contribution in [0.15, 0.2) is 4.42 Å². The molecular weight excluding hydrogens is 236 g/mol. The van der Waals surface area contributed by atoms with Crippen molar-refractivity contribution < 1.29 is 27.8 Å². The van der Waals surface area contributed by atoms with Gasteiger partial charge in [-0.05, 0) is 13.3 Å². The van der Waals surface area contributed by atoms with E-state index < -0.39 is 23.8 Å². The van der Waals surface area contributed by atoms with Gasteiger partial charge in [-0.2, -0.15) is 0 Å². The van der Waals surface area contributed by atoms with Gasteiger partial charge in [0.25, 0.3) is 6.43 Å². The number of aromatic nitrogens is 1. The van der Waals surface area contributed by atoms with E-state index in [1.807, 2.05) is 0 Å². The number of oxazole rings is 1. The highest BCUT2D eigenvalue weighted by atomic mass is 19.3. The molecule has 0 aliphatic rings. The van der Waals surface area contributed by atoms with Crippen molar-refractivity contribution in [3.05, 3.63) is 17.3 Å². The zero-order valence-corrected chi connectivity index (χ0v) is 9.44. The number of rotatable bonds is 6. The summed E-state index contributed by atoms with van der Waals surface area (Å²) < 4.78 is 34.7. The molecule has 1 heterocycles. The lowest BCUT2D eigenvalue weighted by molar-refractivity contribution is 0.0643. The van der Waals surface area contributed by atoms with Crippen molar-refractivity contribution >= 4 is 5.97 Å². The Morgan fingerprint density at radius 2 is 2.24 bits per heavy atom. The number of aryl methyl sites for hydroxylation is 1. The van der Waals surface area contributed by atoms with Crippen molar-refractivity contribution in [2.75, 3.05) is 7.11 Å². The molecule has 0 spiro atoms. The lowest BCUT2D eigenvalue weighted by atomic mass is 10.2. The van der Waals surface area contributed by atoms with Gasteiger partial charge in [0, 0.05) is 13.5 Å². The number of methoxy groups -OCH3 is 1. The van der Waals surface area contributed by atoms with Crippen molar-refractivity contribution in [1.82, 2.24) is 4.98 Å². The van der Waals surface area contributed by atoms with Gasteiger partial charge in [0.05, 0.1) is 6.10 Å². The third-order valence-electron chi connectivity index (χ3n) is 2.27. The molecule has 1 aromatic heterocycles. The van der Waals surface area contributed by atoms with Crippen LogP contribution in [-0.4, -0.2) is 29.3 Å². The number of ether oxygens (including phenoxy) is 1. The number of carboxylic acid groups (broad SMARTS) is 1. The van der Waals surface area contributed by atoms with Crippen LogP contribution in [0.2, 0.25) is 0 Å². The number of halogens is 2. The lowest BCUT2D eigenvalue weighted by Crippen LogP contribution is -2.06.